The molecule has 0 saturated carbocycles. The van der Waals surface area contributed by atoms with Gasteiger partial charge >= 0.3 is 0 Å². The van der Waals surface area contributed by atoms with Gasteiger partial charge in [0.25, 0.3) is 17.7 Å². The Balaban J connectivity index is 0.903. The van der Waals surface area contributed by atoms with Gasteiger partial charge in [0.05, 0.1) is 30.1 Å². The number of carbonyl (C=O) groups is 3. The molecular weight excluding hydrogens is 680 g/mol. The Morgan fingerprint density at radius 1 is 0.830 bits per heavy atom. The first-order valence-corrected chi connectivity index (χ1v) is 18.0. The lowest BCUT2D eigenvalue weighted by atomic mass is 10.0. The molecule has 0 unspecified atom stereocenters. The average molecular weight is 724 g/mol. The summed E-state index contributed by atoms with van der Waals surface area (Å²) in [6.45, 7) is 4.78. The Morgan fingerprint density at radius 2 is 1.55 bits per heavy atom. The number of fused-ring (bicyclic) bond motifs is 2. The van der Waals surface area contributed by atoms with Gasteiger partial charge in [0, 0.05) is 42.3 Å². The number of aromatic nitrogens is 3. The zero-order valence-corrected chi connectivity index (χ0v) is 29.9. The van der Waals surface area contributed by atoms with Crippen molar-refractivity contribution in [2.24, 2.45) is 0 Å². The molecule has 3 N–H and O–H groups in total. The fourth-order valence-electron chi connectivity index (χ4n) is 6.53. The number of carbonyl (C=O) groups excluding carboxylic acids is 3. The van der Waals surface area contributed by atoms with Crippen molar-refractivity contribution in [2.45, 2.75) is 51.9 Å². The monoisotopic (exact) mass is 723 g/mol. The summed E-state index contributed by atoms with van der Waals surface area (Å²) >= 11 is 0. The third-order valence-electron chi connectivity index (χ3n) is 9.39. The van der Waals surface area contributed by atoms with Gasteiger partial charge in [0.15, 0.2) is 23.0 Å². The Kier molecular flexibility index (Phi) is 12.0. The summed E-state index contributed by atoms with van der Waals surface area (Å²) < 4.78 is 35.8. The standard InChI is InChI=1S/C40H43F2N7O4/c1-3-26-24-27(47-36-37-46-25-32(48(37)23-21-44-36)31-16-17-33(53-2)35(42)34(31)41)14-15-28(26)38(50)45-20-10-4-8-18-43-19-9-5-11-22-49-39(51)29-12-6-7-13-30(29)40(49)52/h6-7,12-17,21,23-25,43H,3-5,8-11,18-20,22H2,1-2H3,(H,44,47)(H,45,50). The van der Waals surface area contributed by atoms with E-state index in [0.717, 1.165) is 57.2 Å². The van der Waals surface area contributed by atoms with Crippen LogP contribution in [0, 0.1) is 11.6 Å². The lowest BCUT2D eigenvalue weighted by Gasteiger charge is -2.13. The van der Waals surface area contributed by atoms with Crippen molar-refractivity contribution in [1.29, 1.82) is 0 Å². The summed E-state index contributed by atoms with van der Waals surface area (Å²) in [5.74, 6) is -2.38. The molecule has 276 valence electrons. The number of hydrogen-bond acceptors (Lipinski definition) is 8. The summed E-state index contributed by atoms with van der Waals surface area (Å²) in [5, 5.41) is 9.75. The van der Waals surface area contributed by atoms with Crippen LogP contribution in [0.25, 0.3) is 16.9 Å². The van der Waals surface area contributed by atoms with Gasteiger partial charge in [0.2, 0.25) is 5.82 Å². The van der Waals surface area contributed by atoms with E-state index in [2.05, 4.69) is 25.9 Å². The molecule has 3 amide bonds. The number of aryl methyl sites for hydroxylation is 1. The number of hydrogen-bond donors (Lipinski definition) is 3. The number of anilines is 2. The minimum absolute atomic E-state index is 0.0390. The number of amides is 3. The maximum absolute atomic E-state index is 14.9. The van der Waals surface area contributed by atoms with Crippen LogP contribution >= 0.6 is 0 Å². The zero-order chi connectivity index (χ0) is 37.3. The van der Waals surface area contributed by atoms with Gasteiger partial charge in [-0.15, -0.1) is 0 Å². The van der Waals surface area contributed by atoms with Crippen molar-refractivity contribution in [3.63, 3.8) is 0 Å². The summed E-state index contributed by atoms with van der Waals surface area (Å²) in [6.07, 6.45) is 10.8. The smallest absolute Gasteiger partial charge is 0.261 e. The molecular formula is C40H43F2N7O4. The molecule has 0 radical (unpaired) electrons. The number of unbranched alkanes of at least 4 members (excludes halogenated alkanes) is 4. The number of benzene rings is 3. The highest BCUT2D eigenvalue weighted by Gasteiger charge is 2.34. The molecule has 13 heteroatoms. The summed E-state index contributed by atoms with van der Waals surface area (Å²) in [4.78, 5) is 48.2. The second kappa shape index (κ2) is 17.2. The molecule has 0 aliphatic carbocycles. The molecule has 3 heterocycles. The molecule has 3 aromatic carbocycles. The van der Waals surface area contributed by atoms with E-state index in [1.54, 1.807) is 53.2 Å². The molecule has 1 aliphatic rings. The molecule has 1 aliphatic heterocycles. The third-order valence-corrected chi connectivity index (χ3v) is 9.39. The van der Waals surface area contributed by atoms with Gasteiger partial charge in [-0.2, -0.15) is 4.39 Å². The Hall–Kier alpha value is -5.69. The van der Waals surface area contributed by atoms with Gasteiger partial charge in [-0.05, 0) is 93.2 Å². The maximum atomic E-state index is 14.9. The first kappa shape index (κ1) is 37.1. The molecule has 0 atom stereocenters. The predicted octanol–water partition coefficient (Wildman–Crippen LogP) is 6.95. The molecule has 53 heavy (non-hydrogen) atoms. The molecule has 0 bridgehead atoms. The van der Waals surface area contributed by atoms with E-state index < -0.39 is 11.6 Å². The van der Waals surface area contributed by atoms with Gasteiger partial charge < -0.3 is 20.7 Å². The van der Waals surface area contributed by atoms with E-state index in [1.807, 2.05) is 13.0 Å². The lowest BCUT2D eigenvalue weighted by Crippen LogP contribution is -2.30. The summed E-state index contributed by atoms with van der Waals surface area (Å²) in [6, 6.07) is 15.3. The molecule has 2 aromatic heterocycles. The van der Waals surface area contributed by atoms with Crippen molar-refractivity contribution >= 4 is 34.9 Å². The van der Waals surface area contributed by atoms with Crippen molar-refractivity contribution in [3.8, 4) is 17.0 Å². The van der Waals surface area contributed by atoms with E-state index in [4.69, 9.17) is 4.74 Å². The highest BCUT2D eigenvalue weighted by atomic mass is 19.2. The number of nitrogens with one attached hydrogen (secondary N) is 3. The van der Waals surface area contributed by atoms with Crippen LogP contribution in [0.15, 0.2) is 73.2 Å². The second-order valence-electron chi connectivity index (χ2n) is 12.8. The number of nitrogens with zero attached hydrogens (tertiary/aromatic N) is 4. The van der Waals surface area contributed by atoms with E-state index in [9.17, 15) is 23.2 Å². The Labute approximate surface area is 306 Å². The fourth-order valence-corrected chi connectivity index (χ4v) is 6.53. The number of imidazole rings is 1. The topological polar surface area (TPSA) is 130 Å². The highest BCUT2D eigenvalue weighted by molar-refractivity contribution is 6.21. The van der Waals surface area contributed by atoms with Crippen molar-refractivity contribution < 1.29 is 27.9 Å². The van der Waals surface area contributed by atoms with Crippen molar-refractivity contribution in [1.82, 2.24) is 29.9 Å². The summed E-state index contributed by atoms with van der Waals surface area (Å²) in [7, 11) is 1.28. The number of ether oxygens (including phenoxy) is 1. The number of rotatable bonds is 18. The van der Waals surface area contributed by atoms with Gasteiger partial charge in [-0.25, -0.2) is 14.4 Å². The Bertz CT molecular complexity index is 2080. The van der Waals surface area contributed by atoms with Crippen LogP contribution in [0.4, 0.5) is 20.3 Å². The van der Waals surface area contributed by atoms with Crippen LogP contribution < -0.4 is 20.7 Å². The SMILES string of the molecule is CCc1cc(Nc2nccn3c(-c4ccc(OC)c(F)c4F)cnc23)ccc1C(=O)NCCCCCNCCCCCN1C(=O)c2ccccc2C1=O. The molecule has 6 rings (SSSR count). The van der Waals surface area contributed by atoms with Gasteiger partial charge in [0.1, 0.15) is 0 Å². The van der Waals surface area contributed by atoms with Crippen LogP contribution in [-0.2, 0) is 6.42 Å². The number of imide groups is 1. The van der Waals surface area contributed by atoms with Crippen LogP contribution in [0.2, 0.25) is 0 Å². The van der Waals surface area contributed by atoms with E-state index in [-0.39, 0.29) is 29.0 Å². The number of methoxy groups -OCH3 is 1. The van der Waals surface area contributed by atoms with Gasteiger partial charge in [-0.3, -0.25) is 23.7 Å². The zero-order valence-electron chi connectivity index (χ0n) is 29.9. The van der Waals surface area contributed by atoms with Crippen molar-refractivity contribution in [3.05, 3.63) is 107 Å². The fraction of sp³-hybridized carbons (Fsp3) is 0.325. The van der Waals surface area contributed by atoms with Crippen LogP contribution in [0.5, 0.6) is 5.75 Å². The maximum Gasteiger partial charge on any atom is 0.261 e. The van der Waals surface area contributed by atoms with Crippen LogP contribution in [0.1, 0.15) is 82.1 Å². The van der Waals surface area contributed by atoms with Crippen LogP contribution in [-0.4, -0.2) is 70.3 Å². The van der Waals surface area contributed by atoms with Gasteiger partial charge in [-0.1, -0.05) is 31.9 Å². The summed E-state index contributed by atoms with van der Waals surface area (Å²) in [5.41, 5.74) is 3.99. The minimum atomic E-state index is -1.07. The largest absolute Gasteiger partial charge is 0.494 e. The third kappa shape index (κ3) is 8.20. The first-order chi connectivity index (χ1) is 25.8. The Morgan fingerprint density at radius 3 is 2.26 bits per heavy atom. The van der Waals surface area contributed by atoms with Crippen molar-refractivity contribution in [2.75, 3.05) is 38.6 Å². The number of halogens is 2. The quantitative estimate of drug-likeness (QED) is 0.0655. The van der Waals surface area contributed by atoms with Crippen LogP contribution in [0.3, 0.4) is 0 Å². The molecule has 5 aromatic rings. The second-order valence-corrected chi connectivity index (χ2v) is 12.8. The molecule has 0 saturated heterocycles. The minimum Gasteiger partial charge on any atom is -0.494 e. The van der Waals surface area contributed by atoms with E-state index in [0.29, 0.717) is 59.0 Å². The normalized spacial score (nSPS) is 12.4. The predicted molar refractivity (Wildman–Crippen MR) is 199 cm³/mol. The average Bonchev–Trinajstić information content (AvgIpc) is 3.71. The highest BCUT2D eigenvalue weighted by Crippen LogP contribution is 2.32. The molecule has 0 fully saturated rings. The lowest BCUT2D eigenvalue weighted by molar-refractivity contribution is 0.0651. The van der Waals surface area contributed by atoms with E-state index in [1.165, 1.54) is 30.3 Å². The molecule has 11 nitrogen and oxygen atoms in total. The molecule has 0 spiro atoms. The van der Waals surface area contributed by atoms with E-state index >= 15 is 0 Å². The first-order valence-electron chi connectivity index (χ1n) is 18.0.